The van der Waals surface area contributed by atoms with E-state index in [2.05, 4.69) is 5.32 Å². The van der Waals surface area contributed by atoms with Gasteiger partial charge in [-0.05, 0) is 38.1 Å². The smallest absolute Gasteiger partial charge is 0.347 e. The molecule has 1 rings (SSSR count). The molecular formula is C16H22N2O6S. The Morgan fingerprint density at radius 2 is 1.52 bits per heavy atom. The normalized spacial score (nSPS) is 10.9. The molecule has 0 spiro atoms. The number of esters is 2. The Kier molecular flexibility index (Phi) is 7.59. The van der Waals surface area contributed by atoms with Crippen molar-refractivity contribution in [2.24, 2.45) is 0 Å². The van der Waals surface area contributed by atoms with Crippen molar-refractivity contribution in [3.63, 3.8) is 0 Å². The predicted molar refractivity (Wildman–Crippen MR) is 92.3 cm³/mol. The molecule has 25 heavy (non-hydrogen) atoms. The van der Waals surface area contributed by atoms with Crippen molar-refractivity contribution >= 4 is 27.6 Å². The van der Waals surface area contributed by atoms with Crippen LogP contribution in [0.3, 0.4) is 0 Å². The summed E-state index contributed by atoms with van der Waals surface area (Å²) in [7, 11) is -0.645. The Morgan fingerprint density at radius 1 is 1.04 bits per heavy atom. The molecule has 0 bridgehead atoms. The quantitative estimate of drug-likeness (QED) is 0.319. The Labute approximate surface area is 147 Å². The first-order valence-electron chi connectivity index (χ1n) is 7.57. The predicted octanol–water partition coefficient (Wildman–Crippen LogP) is 1.36. The largest absolute Gasteiger partial charge is 0.462 e. The van der Waals surface area contributed by atoms with Crippen molar-refractivity contribution in [1.29, 1.82) is 0 Å². The number of hydrogen-bond acceptors (Lipinski definition) is 7. The molecule has 0 aliphatic carbocycles. The molecule has 1 N–H and O–H groups in total. The summed E-state index contributed by atoms with van der Waals surface area (Å²) in [6.07, 6.45) is 1.17. The topological polar surface area (TPSA) is 102 Å². The number of nitrogens with zero attached hydrogens (tertiary/aromatic N) is 1. The standard InChI is InChI=1S/C16H22N2O6S/c1-5-23-15(19)14(16(20)24-6-2)11-17-12-7-9-13(10-8-12)25(21,22)18(3)4/h7-11,17H,5-6H2,1-4H3. The van der Waals surface area contributed by atoms with Crippen LogP contribution in [0.2, 0.25) is 0 Å². The maximum atomic E-state index is 12.0. The van der Waals surface area contributed by atoms with Crippen molar-refractivity contribution in [2.75, 3.05) is 32.6 Å². The van der Waals surface area contributed by atoms with E-state index >= 15 is 0 Å². The van der Waals surface area contributed by atoms with E-state index in [1.165, 1.54) is 44.6 Å². The lowest BCUT2D eigenvalue weighted by atomic mass is 10.2. The molecule has 0 unspecified atom stereocenters. The molecular weight excluding hydrogens is 348 g/mol. The first-order valence-corrected chi connectivity index (χ1v) is 9.01. The van der Waals surface area contributed by atoms with Crippen LogP contribution in [-0.2, 0) is 29.1 Å². The van der Waals surface area contributed by atoms with Gasteiger partial charge in [-0.25, -0.2) is 22.3 Å². The lowest BCUT2D eigenvalue weighted by Gasteiger charge is -2.12. The number of nitrogens with one attached hydrogen (secondary N) is 1. The second-order valence-corrected chi connectivity index (χ2v) is 7.11. The molecule has 0 radical (unpaired) electrons. The Bertz CT molecular complexity index is 718. The maximum absolute atomic E-state index is 12.0. The third-order valence-corrected chi connectivity index (χ3v) is 4.84. The van der Waals surface area contributed by atoms with Crippen molar-refractivity contribution in [1.82, 2.24) is 4.31 Å². The van der Waals surface area contributed by atoms with E-state index in [9.17, 15) is 18.0 Å². The molecule has 8 nitrogen and oxygen atoms in total. The van der Waals surface area contributed by atoms with Crippen LogP contribution < -0.4 is 5.32 Å². The lowest BCUT2D eigenvalue weighted by molar-refractivity contribution is -0.146. The molecule has 1 aromatic carbocycles. The van der Waals surface area contributed by atoms with Gasteiger partial charge in [-0.3, -0.25) is 0 Å². The first-order chi connectivity index (χ1) is 11.7. The highest BCUT2D eigenvalue weighted by Crippen LogP contribution is 2.17. The summed E-state index contributed by atoms with van der Waals surface area (Å²) >= 11 is 0. The minimum absolute atomic E-state index is 0.118. The van der Waals surface area contributed by atoms with E-state index in [0.29, 0.717) is 5.69 Å². The molecule has 9 heteroatoms. The van der Waals surface area contributed by atoms with Crippen molar-refractivity contribution in [3.8, 4) is 0 Å². The van der Waals surface area contributed by atoms with Gasteiger partial charge < -0.3 is 14.8 Å². The van der Waals surface area contributed by atoms with Crippen molar-refractivity contribution in [3.05, 3.63) is 36.0 Å². The number of anilines is 1. The van der Waals surface area contributed by atoms with Crippen LogP contribution >= 0.6 is 0 Å². The Hall–Kier alpha value is -2.39. The Morgan fingerprint density at radius 3 is 1.92 bits per heavy atom. The molecule has 0 saturated heterocycles. The highest BCUT2D eigenvalue weighted by atomic mass is 32.2. The minimum Gasteiger partial charge on any atom is -0.462 e. The van der Waals surface area contributed by atoms with Crippen LogP contribution in [-0.4, -0.2) is 52.0 Å². The number of sulfonamides is 1. The van der Waals surface area contributed by atoms with E-state index in [1.807, 2.05) is 0 Å². The second-order valence-electron chi connectivity index (χ2n) is 4.96. The van der Waals surface area contributed by atoms with Gasteiger partial charge in [0.25, 0.3) is 0 Å². The summed E-state index contributed by atoms with van der Waals surface area (Å²) in [5, 5.41) is 2.76. The van der Waals surface area contributed by atoms with Gasteiger partial charge in [-0.1, -0.05) is 0 Å². The summed E-state index contributed by atoms with van der Waals surface area (Å²) in [5.41, 5.74) is 0.206. The van der Waals surface area contributed by atoms with Crippen LogP contribution in [0.25, 0.3) is 0 Å². The van der Waals surface area contributed by atoms with Gasteiger partial charge in [0.1, 0.15) is 0 Å². The van der Waals surface area contributed by atoms with Gasteiger partial charge in [-0.2, -0.15) is 0 Å². The van der Waals surface area contributed by atoms with Crippen LogP contribution in [0, 0.1) is 0 Å². The van der Waals surface area contributed by atoms with Gasteiger partial charge in [0.05, 0.1) is 18.1 Å². The molecule has 0 aliphatic heterocycles. The van der Waals surface area contributed by atoms with Gasteiger partial charge >= 0.3 is 11.9 Å². The number of rotatable bonds is 8. The molecule has 0 saturated carbocycles. The highest BCUT2D eigenvalue weighted by molar-refractivity contribution is 7.89. The SMILES string of the molecule is CCOC(=O)C(=CNc1ccc(S(=O)(=O)N(C)C)cc1)C(=O)OCC. The van der Waals surface area contributed by atoms with E-state index in [4.69, 9.17) is 9.47 Å². The summed E-state index contributed by atoms with van der Waals surface area (Å²) in [6.45, 7) is 3.48. The number of ether oxygens (including phenoxy) is 2. The number of hydrogen-bond donors (Lipinski definition) is 1. The van der Waals surface area contributed by atoms with E-state index < -0.39 is 22.0 Å². The fraction of sp³-hybridized carbons (Fsp3) is 0.375. The fourth-order valence-corrected chi connectivity index (χ4v) is 2.61. The molecule has 0 aromatic heterocycles. The van der Waals surface area contributed by atoms with Gasteiger partial charge in [0.2, 0.25) is 10.0 Å². The van der Waals surface area contributed by atoms with Crippen LogP contribution in [0.15, 0.2) is 40.9 Å². The van der Waals surface area contributed by atoms with E-state index in [1.54, 1.807) is 13.8 Å². The monoisotopic (exact) mass is 370 g/mol. The number of benzene rings is 1. The highest BCUT2D eigenvalue weighted by Gasteiger charge is 2.21. The summed E-state index contributed by atoms with van der Waals surface area (Å²) in [4.78, 5) is 23.8. The maximum Gasteiger partial charge on any atom is 0.347 e. The summed E-state index contributed by atoms with van der Waals surface area (Å²) < 4.78 is 34.7. The van der Waals surface area contributed by atoms with Gasteiger partial charge in [-0.15, -0.1) is 0 Å². The van der Waals surface area contributed by atoms with Gasteiger partial charge in [0.15, 0.2) is 5.57 Å². The van der Waals surface area contributed by atoms with Crippen LogP contribution in [0.1, 0.15) is 13.8 Å². The molecule has 0 atom stereocenters. The first kappa shape index (κ1) is 20.7. The van der Waals surface area contributed by atoms with Crippen molar-refractivity contribution in [2.45, 2.75) is 18.7 Å². The van der Waals surface area contributed by atoms with Crippen molar-refractivity contribution < 1.29 is 27.5 Å². The molecule has 0 heterocycles. The third kappa shape index (κ3) is 5.57. The molecule has 0 aliphatic rings. The molecule has 0 fully saturated rings. The molecule has 0 amide bonds. The summed E-state index contributed by atoms with van der Waals surface area (Å²) in [6, 6.07) is 5.86. The van der Waals surface area contributed by atoms with Crippen LogP contribution in [0.4, 0.5) is 5.69 Å². The Balaban J connectivity index is 2.99. The third-order valence-electron chi connectivity index (χ3n) is 3.01. The average Bonchev–Trinajstić information content (AvgIpc) is 2.56. The zero-order valence-electron chi connectivity index (χ0n) is 14.6. The van der Waals surface area contributed by atoms with Gasteiger partial charge in [0, 0.05) is 26.0 Å². The molecule has 138 valence electrons. The minimum atomic E-state index is -3.52. The van der Waals surface area contributed by atoms with Crippen LogP contribution in [0.5, 0.6) is 0 Å². The average molecular weight is 370 g/mol. The zero-order chi connectivity index (χ0) is 19.0. The number of carbonyl (C=O) groups excluding carboxylic acids is 2. The molecule has 1 aromatic rings. The summed E-state index contributed by atoms with van der Waals surface area (Å²) in [5.74, 6) is -1.61. The zero-order valence-corrected chi connectivity index (χ0v) is 15.4. The lowest BCUT2D eigenvalue weighted by Crippen LogP contribution is -2.22. The second kappa shape index (κ2) is 9.19. The van der Waals surface area contributed by atoms with E-state index in [0.717, 1.165) is 4.31 Å². The van der Waals surface area contributed by atoms with E-state index in [-0.39, 0.29) is 23.7 Å². The number of carbonyl (C=O) groups is 2. The fourth-order valence-electron chi connectivity index (χ4n) is 1.71.